The lowest BCUT2D eigenvalue weighted by Gasteiger charge is -2.26. The molecule has 34 heavy (non-hydrogen) atoms. The number of phenolic OH excluding ortho intramolecular Hbond substituents is 1. The molecule has 8 heteroatoms. The van der Waals surface area contributed by atoms with Crippen molar-refractivity contribution in [2.75, 3.05) is 45.9 Å². The number of nitrogens with one attached hydrogen (secondary N) is 2. The molecule has 0 unspecified atom stereocenters. The normalized spacial score (nSPS) is 15.3. The molecule has 2 aromatic carbocycles. The lowest BCUT2D eigenvalue weighted by atomic mass is 10.0. The SMILES string of the molecule is O=c1ccc2c([C@@H](O)CNCCOc3cccc(OCCN4CCCCC4)c3)ccc(O)c2[nH]1. The fraction of sp³-hybridized carbons (Fsp3) is 0.423. The van der Waals surface area contributed by atoms with Crippen LogP contribution in [0.3, 0.4) is 0 Å². The van der Waals surface area contributed by atoms with Crippen molar-refractivity contribution in [1.29, 1.82) is 0 Å². The predicted octanol–water partition coefficient (Wildman–Crippen LogP) is 2.80. The number of likely N-dealkylation sites (tertiary alicyclic amines) is 1. The van der Waals surface area contributed by atoms with Crippen LogP contribution in [0.5, 0.6) is 17.2 Å². The highest BCUT2D eigenvalue weighted by molar-refractivity contribution is 5.87. The van der Waals surface area contributed by atoms with Gasteiger partial charge in [0.05, 0.1) is 11.6 Å². The maximum absolute atomic E-state index is 11.6. The van der Waals surface area contributed by atoms with Gasteiger partial charge in [0.25, 0.3) is 0 Å². The van der Waals surface area contributed by atoms with Gasteiger partial charge in [-0.05, 0) is 55.8 Å². The number of rotatable bonds is 11. The molecule has 0 bridgehead atoms. The number of piperidine rings is 1. The van der Waals surface area contributed by atoms with Crippen LogP contribution in [0.15, 0.2) is 53.3 Å². The number of nitrogens with zero attached hydrogens (tertiary/aromatic N) is 1. The first-order valence-electron chi connectivity index (χ1n) is 11.9. The summed E-state index contributed by atoms with van der Waals surface area (Å²) in [6.07, 6.45) is 3.09. The second-order valence-corrected chi connectivity index (χ2v) is 8.58. The minimum Gasteiger partial charge on any atom is -0.506 e. The number of fused-ring (bicyclic) bond motifs is 1. The first-order chi connectivity index (χ1) is 16.6. The summed E-state index contributed by atoms with van der Waals surface area (Å²) in [5.74, 6) is 1.52. The Kier molecular flexibility index (Phi) is 8.41. The van der Waals surface area contributed by atoms with Crippen LogP contribution in [0.2, 0.25) is 0 Å². The fourth-order valence-corrected chi connectivity index (χ4v) is 4.27. The van der Waals surface area contributed by atoms with Crippen molar-refractivity contribution >= 4 is 10.9 Å². The Balaban J connectivity index is 1.20. The van der Waals surface area contributed by atoms with E-state index in [1.165, 1.54) is 31.4 Å². The summed E-state index contributed by atoms with van der Waals surface area (Å²) in [5.41, 5.74) is 0.651. The number of aliphatic hydroxyl groups excluding tert-OH is 1. The molecule has 182 valence electrons. The molecule has 8 nitrogen and oxygen atoms in total. The molecule has 4 N–H and O–H groups in total. The summed E-state index contributed by atoms with van der Waals surface area (Å²) >= 11 is 0. The van der Waals surface area contributed by atoms with Gasteiger partial charge in [0.1, 0.15) is 30.5 Å². The number of pyridine rings is 1. The molecular weight excluding hydrogens is 434 g/mol. The quantitative estimate of drug-likeness (QED) is 0.321. The molecule has 0 aliphatic carbocycles. The lowest BCUT2D eigenvalue weighted by Crippen LogP contribution is -2.33. The highest BCUT2D eigenvalue weighted by atomic mass is 16.5. The van der Waals surface area contributed by atoms with Gasteiger partial charge in [-0.2, -0.15) is 0 Å². The van der Waals surface area contributed by atoms with Crippen LogP contribution in [-0.4, -0.2) is 66.0 Å². The Bertz CT molecular complexity index is 1130. The molecule has 3 aromatic rings. The molecule has 0 radical (unpaired) electrons. The molecule has 0 spiro atoms. The highest BCUT2D eigenvalue weighted by Gasteiger charge is 2.14. The number of benzene rings is 2. The van der Waals surface area contributed by atoms with Crippen molar-refractivity contribution in [2.45, 2.75) is 25.4 Å². The number of aromatic hydroxyl groups is 1. The third-order valence-corrected chi connectivity index (χ3v) is 6.08. The van der Waals surface area contributed by atoms with Crippen LogP contribution in [-0.2, 0) is 0 Å². The fourth-order valence-electron chi connectivity index (χ4n) is 4.27. The summed E-state index contributed by atoms with van der Waals surface area (Å²) in [4.78, 5) is 16.6. The molecule has 1 aliphatic heterocycles. The Labute approximate surface area is 199 Å². The third kappa shape index (κ3) is 6.50. The van der Waals surface area contributed by atoms with E-state index in [9.17, 15) is 15.0 Å². The van der Waals surface area contributed by atoms with E-state index in [0.717, 1.165) is 31.1 Å². The predicted molar refractivity (Wildman–Crippen MR) is 132 cm³/mol. The largest absolute Gasteiger partial charge is 0.506 e. The zero-order chi connectivity index (χ0) is 23.8. The van der Waals surface area contributed by atoms with Crippen LogP contribution in [0.25, 0.3) is 10.9 Å². The Morgan fingerprint density at radius 1 is 1.00 bits per heavy atom. The van der Waals surface area contributed by atoms with Crippen molar-refractivity contribution in [3.8, 4) is 17.2 Å². The Hall–Kier alpha value is -3.07. The van der Waals surface area contributed by atoms with Gasteiger partial charge in [-0.3, -0.25) is 9.69 Å². The van der Waals surface area contributed by atoms with Gasteiger partial charge in [0, 0.05) is 37.2 Å². The Morgan fingerprint density at radius 3 is 2.56 bits per heavy atom. The average Bonchev–Trinajstić information content (AvgIpc) is 2.85. The number of phenols is 1. The topological polar surface area (TPSA) is 107 Å². The van der Waals surface area contributed by atoms with Crippen LogP contribution < -0.4 is 20.3 Å². The molecule has 4 rings (SSSR count). The van der Waals surface area contributed by atoms with Crippen molar-refractivity contribution in [1.82, 2.24) is 15.2 Å². The number of ether oxygens (including phenoxy) is 2. The summed E-state index contributed by atoms with van der Waals surface area (Å²) in [7, 11) is 0. The zero-order valence-electron chi connectivity index (χ0n) is 19.3. The number of aliphatic hydroxyl groups is 1. The maximum atomic E-state index is 11.6. The number of hydrogen-bond acceptors (Lipinski definition) is 7. The number of hydrogen-bond donors (Lipinski definition) is 4. The summed E-state index contributed by atoms with van der Waals surface area (Å²) < 4.78 is 11.7. The minimum absolute atomic E-state index is 0.0253. The first kappa shape index (κ1) is 24.1. The van der Waals surface area contributed by atoms with Crippen molar-refractivity contribution in [3.63, 3.8) is 0 Å². The molecule has 0 amide bonds. The van der Waals surface area contributed by atoms with Crippen LogP contribution in [0, 0.1) is 0 Å². The molecular formula is C26H33N3O5. The van der Waals surface area contributed by atoms with E-state index in [0.29, 0.717) is 42.8 Å². The van der Waals surface area contributed by atoms with Crippen molar-refractivity contribution in [2.24, 2.45) is 0 Å². The van der Waals surface area contributed by atoms with Gasteiger partial charge in [-0.25, -0.2) is 0 Å². The summed E-state index contributed by atoms with van der Waals surface area (Å²) in [6, 6.07) is 13.8. The highest BCUT2D eigenvalue weighted by Crippen LogP contribution is 2.28. The van der Waals surface area contributed by atoms with E-state index < -0.39 is 6.10 Å². The van der Waals surface area contributed by atoms with E-state index in [1.807, 2.05) is 24.3 Å². The van der Waals surface area contributed by atoms with E-state index in [2.05, 4.69) is 15.2 Å². The number of aromatic amines is 1. The van der Waals surface area contributed by atoms with E-state index in [4.69, 9.17) is 9.47 Å². The second-order valence-electron chi connectivity index (χ2n) is 8.58. The van der Waals surface area contributed by atoms with Gasteiger partial charge in [-0.15, -0.1) is 0 Å². The van der Waals surface area contributed by atoms with Crippen LogP contribution in [0.4, 0.5) is 0 Å². The van der Waals surface area contributed by atoms with Gasteiger partial charge in [0.15, 0.2) is 0 Å². The van der Waals surface area contributed by atoms with E-state index in [-0.39, 0.29) is 11.3 Å². The second kappa shape index (κ2) is 11.9. The number of H-pyrrole nitrogens is 1. The van der Waals surface area contributed by atoms with Crippen LogP contribution in [0.1, 0.15) is 30.9 Å². The van der Waals surface area contributed by atoms with Gasteiger partial charge >= 0.3 is 0 Å². The van der Waals surface area contributed by atoms with E-state index >= 15 is 0 Å². The van der Waals surface area contributed by atoms with Crippen LogP contribution >= 0.6 is 0 Å². The molecule has 1 atom stereocenters. The molecule has 1 aliphatic rings. The first-order valence-corrected chi connectivity index (χ1v) is 11.9. The smallest absolute Gasteiger partial charge is 0.248 e. The lowest BCUT2D eigenvalue weighted by molar-refractivity contribution is 0.173. The third-order valence-electron chi connectivity index (χ3n) is 6.08. The molecule has 1 aromatic heterocycles. The van der Waals surface area contributed by atoms with Crippen molar-refractivity contribution < 1.29 is 19.7 Å². The standard InChI is InChI=1S/C26H33N3O5/c30-23-9-7-21(22-8-10-25(32)28-26(22)23)24(31)18-27-11-15-33-19-5-4-6-20(17-19)34-16-14-29-12-2-1-3-13-29/h4-10,17,24,27,30-31H,1-3,11-16,18H2,(H,28,32)/t24-/m0/s1. The van der Waals surface area contributed by atoms with E-state index in [1.54, 1.807) is 12.1 Å². The average molecular weight is 468 g/mol. The maximum Gasteiger partial charge on any atom is 0.248 e. The molecule has 2 heterocycles. The van der Waals surface area contributed by atoms with Gasteiger partial charge in [-0.1, -0.05) is 18.6 Å². The molecule has 1 saturated heterocycles. The monoisotopic (exact) mass is 467 g/mol. The summed E-state index contributed by atoms with van der Waals surface area (Å²) in [5, 5.41) is 24.4. The summed E-state index contributed by atoms with van der Waals surface area (Å²) in [6.45, 7) is 5.24. The minimum atomic E-state index is -0.800. The number of aromatic nitrogens is 1. The molecule has 1 fully saturated rings. The Morgan fingerprint density at radius 2 is 1.76 bits per heavy atom. The zero-order valence-corrected chi connectivity index (χ0v) is 19.3. The van der Waals surface area contributed by atoms with Gasteiger partial charge in [0.2, 0.25) is 5.56 Å². The van der Waals surface area contributed by atoms with Crippen molar-refractivity contribution in [3.05, 3.63) is 64.4 Å². The van der Waals surface area contributed by atoms with Gasteiger partial charge < -0.3 is 30.0 Å². The molecule has 0 saturated carbocycles.